The van der Waals surface area contributed by atoms with Crippen molar-refractivity contribution in [2.24, 2.45) is 0 Å². The number of rotatable bonds is 3. The van der Waals surface area contributed by atoms with E-state index in [0.29, 0.717) is 37.7 Å². The number of amides is 1. The number of carbonyl (C=O) groups is 1. The lowest BCUT2D eigenvalue weighted by atomic mass is 9.99. The summed E-state index contributed by atoms with van der Waals surface area (Å²) in [4.78, 5) is 18.1. The van der Waals surface area contributed by atoms with E-state index in [9.17, 15) is 9.90 Å². The maximum atomic E-state index is 12.9. The van der Waals surface area contributed by atoms with Crippen molar-refractivity contribution in [2.75, 3.05) is 19.7 Å². The highest BCUT2D eigenvalue weighted by Gasteiger charge is 2.36. The molecule has 2 N–H and O–H groups in total. The third-order valence-electron chi connectivity index (χ3n) is 6.52. The molecule has 150 valence electrons. The minimum Gasteiger partial charge on any atom is -0.383 e. The van der Waals surface area contributed by atoms with Crippen LogP contribution in [0.25, 0.3) is 0 Å². The molecule has 0 unspecified atom stereocenters. The summed E-state index contributed by atoms with van der Waals surface area (Å²) < 4.78 is 7.35. The number of carbonyl (C=O) groups excluding carboxylic acids is 1. The first kappa shape index (κ1) is 17.9. The lowest BCUT2D eigenvalue weighted by molar-refractivity contribution is 0.0398. The molecule has 8 nitrogen and oxygen atoms in total. The minimum absolute atomic E-state index is 0.0624. The van der Waals surface area contributed by atoms with E-state index in [0.717, 1.165) is 56.2 Å². The maximum absolute atomic E-state index is 12.9. The number of piperidine rings is 1. The molecule has 0 bridgehead atoms. The molecular formula is C20H27N5O3. The van der Waals surface area contributed by atoms with Crippen LogP contribution in [-0.2, 0) is 23.4 Å². The second-order valence-electron chi connectivity index (χ2n) is 8.34. The van der Waals surface area contributed by atoms with Gasteiger partial charge in [0.05, 0.1) is 25.5 Å². The molecule has 4 heterocycles. The van der Waals surface area contributed by atoms with Gasteiger partial charge < -0.3 is 19.7 Å². The molecule has 0 aromatic carbocycles. The van der Waals surface area contributed by atoms with Crippen molar-refractivity contribution in [3.63, 3.8) is 0 Å². The van der Waals surface area contributed by atoms with Crippen LogP contribution in [0.4, 0.5) is 0 Å². The smallest absolute Gasteiger partial charge is 0.270 e. The molecule has 1 aliphatic carbocycles. The number of H-pyrrole nitrogens is 1. The highest BCUT2D eigenvalue weighted by Crippen LogP contribution is 2.37. The van der Waals surface area contributed by atoms with Gasteiger partial charge in [-0.05, 0) is 37.3 Å². The van der Waals surface area contributed by atoms with E-state index in [-0.39, 0.29) is 11.9 Å². The Labute approximate surface area is 163 Å². The quantitative estimate of drug-likeness (QED) is 0.841. The van der Waals surface area contributed by atoms with Crippen LogP contribution in [0, 0.1) is 0 Å². The Morgan fingerprint density at radius 2 is 2.07 bits per heavy atom. The van der Waals surface area contributed by atoms with Gasteiger partial charge in [-0.25, -0.2) is 4.68 Å². The first-order chi connectivity index (χ1) is 13.6. The molecule has 0 spiro atoms. The molecule has 2 fully saturated rings. The number of aromatic nitrogens is 4. The summed E-state index contributed by atoms with van der Waals surface area (Å²) in [6.45, 7) is 2.69. The molecule has 5 rings (SSSR count). The number of hydrogen-bond donors (Lipinski definition) is 2. The van der Waals surface area contributed by atoms with Crippen LogP contribution < -0.4 is 0 Å². The van der Waals surface area contributed by atoms with Gasteiger partial charge in [0, 0.05) is 25.2 Å². The summed E-state index contributed by atoms with van der Waals surface area (Å²) >= 11 is 0. The van der Waals surface area contributed by atoms with Gasteiger partial charge in [0.1, 0.15) is 17.0 Å². The Morgan fingerprint density at radius 3 is 2.82 bits per heavy atom. The second-order valence-corrected chi connectivity index (χ2v) is 8.34. The number of nitrogens with zero attached hydrogens (tertiary/aromatic N) is 4. The Hall–Kier alpha value is -2.19. The summed E-state index contributed by atoms with van der Waals surface area (Å²) in [7, 11) is 0. The van der Waals surface area contributed by atoms with Crippen LogP contribution in [-0.4, -0.2) is 55.6 Å². The number of fused-ring (bicyclic) bond motifs is 1. The topological polar surface area (TPSA) is 96.3 Å². The zero-order chi connectivity index (χ0) is 19.1. The summed E-state index contributed by atoms with van der Waals surface area (Å²) in [5, 5.41) is 19.2. The van der Waals surface area contributed by atoms with E-state index in [1.165, 1.54) is 0 Å². The van der Waals surface area contributed by atoms with Crippen LogP contribution in [0.1, 0.15) is 72.0 Å². The highest BCUT2D eigenvalue weighted by molar-refractivity contribution is 5.93. The number of likely N-dealkylation sites (tertiary alicyclic amines) is 1. The number of hydrogen-bond acceptors (Lipinski definition) is 5. The Kier molecular flexibility index (Phi) is 4.47. The molecule has 0 radical (unpaired) electrons. The van der Waals surface area contributed by atoms with Gasteiger partial charge in [0.2, 0.25) is 0 Å². The SMILES string of the molecule is O=C(c1cc2c([nH]1)CCOC2)N1CCC(n2cc(C3(O)CCCC3)nn2)CC1. The van der Waals surface area contributed by atoms with Gasteiger partial charge in [0.25, 0.3) is 5.91 Å². The third-order valence-corrected chi connectivity index (χ3v) is 6.52. The third kappa shape index (κ3) is 3.14. The highest BCUT2D eigenvalue weighted by atomic mass is 16.5. The average molecular weight is 385 g/mol. The second kappa shape index (κ2) is 7.00. The van der Waals surface area contributed by atoms with Crippen LogP contribution in [0.5, 0.6) is 0 Å². The summed E-state index contributed by atoms with van der Waals surface area (Å²) in [5.74, 6) is 0.0624. The molecule has 8 heteroatoms. The van der Waals surface area contributed by atoms with Gasteiger partial charge in [-0.2, -0.15) is 0 Å². The summed E-state index contributed by atoms with van der Waals surface area (Å²) in [5.41, 5.74) is 2.79. The summed E-state index contributed by atoms with van der Waals surface area (Å²) in [6.07, 6.45) is 8.05. The van der Waals surface area contributed by atoms with E-state index in [1.807, 2.05) is 21.8 Å². The van der Waals surface area contributed by atoms with Crippen molar-refractivity contribution < 1.29 is 14.6 Å². The molecule has 0 atom stereocenters. The molecule has 2 aromatic heterocycles. The average Bonchev–Trinajstić information content (AvgIpc) is 3.47. The zero-order valence-corrected chi connectivity index (χ0v) is 16.1. The Balaban J connectivity index is 1.22. The first-order valence-electron chi connectivity index (χ1n) is 10.3. The fraction of sp³-hybridized carbons (Fsp3) is 0.650. The van der Waals surface area contributed by atoms with Crippen molar-refractivity contribution in [3.05, 3.63) is 34.9 Å². The first-order valence-corrected chi connectivity index (χ1v) is 10.3. The van der Waals surface area contributed by atoms with Gasteiger partial charge in [0.15, 0.2) is 0 Å². The largest absolute Gasteiger partial charge is 0.383 e. The molecule has 28 heavy (non-hydrogen) atoms. The Morgan fingerprint density at radius 1 is 1.29 bits per heavy atom. The van der Waals surface area contributed by atoms with Crippen LogP contribution in [0.2, 0.25) is 0 Å². The maximum Gasteiger partial charge on any atom is 0.270 e. The van der Waals surface area contributed by atoms with Crippen molar-refractivity contribution >= 4 is 5.91 Å². The number of nitrogens with one attached hydrogen (secondary N) is 1. The van der Waals surface area contributed by atoms with Crippen molar-refractivity contribution in [2.45, 2.75) is 63.2 Å². The molecule has 3 aliphatic rings. The van der Waals surface area contributed by atoms with Gasteiger partial charge in [-0.1, -0.05) is 18.1 Å². The molecule has 1 saturated carbocycles. The van der Waals surface area contributed by atoms with Crippen LogP contribution in [0.3, 0.4) is 0 Å². The zero-order valence-electron chi connectivity index (χ0n) is 16.1. The number of aromatic amines is 1. The lowest BCUT2D eigenvalue weighted by Crippen LogP contribution is -2.39. The van der Waals surface area contributed by atoms with Gasteiger partial charge in [-0.15, -0.1) is 5.10 Å². The van der Waals surface area contributed by atoms with E-state index >= 15 is 0 Å². The van der Waals surface area contributed by atoms with Gasteiger partial charge >= 0.3 is 0 Å². The fourth-order valence-corrected chi connectivity index (χ4v) is 4.75. The van der Waals surface area contributed by atoms with E-state index in [2.05, 4.69) is 15.3 Å². The fourth-order valence-electron chi connectivity index (χ4n) is 4.75. The minimum atomic E-state index is -0.800. The number of aliphatic hydroxyl groups is 1. The molecule has 2 aliphatic heterocycles. The van der Waals surface area contributed by atoms with E-state index in [4.69, 9.17) is 4.74 Å². The normalized spacial score (nSPS) is 22.4. The van der Waals surface area contributed by atoms with E-state index < -0.39 is 5.60 Å². The predicted molar refractivity (Wildman–Crippen MR) is 101 cm³/mol. The molecular weight excluding hydrogens is 358 g/mol. The van der Waals surface area contributed by atoms with E-state index in [1.54, 1.807) is 0 Å². The van der Waals surface area contributed by atoms with Crippen molar-refractivity contribution in [1.29, 1.82) is 0 Å². The predicted octanol–water partition coefficient (Wildman–Crippen LogP) is 1.92. The van der Waals surface area contributed by atoms with Crippen molar-refractivity contribution in [3.8, 4) is 0 Å². The standard InChI is InChI=1S/C20H27N5O3/c26-19(17-11-14-13-28-10-5-16(14)21-17)24-8-3-15(4-9-24)25-12-18(22-23-25)20(27)6-1-2-7-20/h11-12,15,21,27H,1-10,13H2. The van der Waals surface area contributed by atoms with Crippen molar-refractivity contribution in [1.82, 2.24) is 24.9 Å². The molecule has 1 amide bonds. The Bertz CT molecular complexity index is 836. The molecule has 1 saturated heterocycles. The van der Waals surface area contributed by atoms with Gasteiger partial charge in [-0.3, -0.25) is 4.79 Å². The molecule has 2 aromatic rings. The lowest BCUT2D eigenvalue weighted by Gasteiger charge is -2.31. The number of ether oxygens (including phenoxy) is 1. The van der Waals surface area contributed by atoms with Crippen LogP contribution >= 0.6 is 0 Å². The summed E-state index contributed by atoms with van der Waals surface area (Å²) in [6, 6.07) is 2.16. The monoisotopic (exact) mass is 385 g/mol. The van der Waals surface area contributed by atoms with Crippen LogP contribution in [0.15, 0.2) is 12.3 Å².